The molecule has 1 heteroatoms. The van der Waals surface area contributed by atoms with Crippen LogP contribution in [0.5, 0.6) is 0 Å². The predicted molar refractivity (Wildman–Crippen MR) is 107 cm³/mol. The van der Waals surface area contributed by atoms with Crippen LogP contribution in [-0.4, -0.2) is 8.80 Å². The van der Waals surface area contributed by atoms with Crippen molar-refractivity contribution in [2.75, 3.05) is 0 Å². The van der Waals surface area contributed by atoms with Crippen LogP contribution in [0.1, 0.15) is 11.1 Å². The number of fused-ring (bicyclic) bond motifs is 7. The van der Waals surface area contributed by atoms with Gasteiger partial charge in [-0.3, -0.25) is 0 Å². The minimum atomic E-state index is -0.774. The summed E-state index contributed by atoms with van der Waals surface area (Å²) in [6.07, 6.45) is 0. The summed E-state index contributed by atoms with van der Waals surface area (Å²) in [4.78, 5) is 0. The van der Waals surface area contributed by atoms with Gasteiger partial charge >= 0.3 is 0 Å². The van der Waals surface area contributed by atoms with Crippen molar-refractivity contribution < 1.29 is 0 Å². The molecule has 5 rings (SSSR count). The molecule has 0 fully saturated rings. The molecule has 116 valence electrons. The standard InChI is InChI=1S/C23H20Si/c1-24-14-18-12-10-16-6-2-4-8-20(16)22(18)23-19(15-24)13-11-17-7-3-5-9-21(17)23/h2-13,24H,14-15H2,1H3. The van der Waals surface area contributed by atoms with Crippen molar-refractivity contribution in [1.82, 2.24) is 0 Å². The first kappa shape index (κ1) is 14.0. The van der Waals surface area contributed by atoms with Crippen molar-refractivity contribution in [3.63, 3.8) is 0 Å². The van der Waals surface area contributed by atoms with E-state index in [0.717, 1.165) is 0 Å². The first-order valence-corrected chi connectivity index (χ1v) is 11.6. The maximum atomic E-state index is 2.52. The lowest BCUT2D eigenvalue weighted by molar-refractivity contribution is 1.32. The molecular formula is C23H20Si. The molecule has 0 amide bonds. The molecule has 0 aromatic heterocycles. The van der Waals surface area contributed by atoms with Gasteiger partial charge < -0.3 is 0 Å². The lowest BCUT2D eigenvalue weighted by atomic mass is 9.88. The van der Waals surface area contributed by atoms with Crippen LogP contribution in [0.3, 0.4) is 0 Å². The molecular weight excluding hydrogens is 304 g/mol. The lowest BCUT2D eigenvalue weighted by Crippen LogP contribution is -2.14. The second-order valence-electron chi connectivity index (χ2n) is 7.16. The van der Waals surface area contributed by atoms with Gasteiger partial charge in [0.2, 0.25) is 0 Å². The number of rotatable bonds is 0. The van der Waals surface area contributed by atoms with Gasteiger partial charge in [-0.15, -0.1) is 0 Å². The molecule has 24 heavy (non-hydrogen) atoms. The van der Waals surface area contributed by atoms with Gasteiger partial charge in [0, 0.05) is 8.80 Å². The largest absolute Gasteiger partial charge is 0.0715 e. The molecule has 0 unspecified atom stereocenters. The van der Waals surface area contributed by atoms with Crippen molar-refractivity contribution in [1.29, 1.82) is 0 Å². The fraction of sp³-hybridized carbons (Fsp3) is 0.130. The summed E-state index contributed by atoms with van der Waals surface area (Å²) in [5.41, 5.74) is 6.11. The third-order valence-corrected chi connectivity index (χ3v) is 7.69. The Labute approximate surface area is 144 Å². The predicted octanol–water partition coefficient (Wildman–Crippen LogP) is 5.69. The zero-order valence-electron chi connectivity index (χ0n) is 13.9. The molecule has 0 nitrogen and oxygen atoms in total. The summed E-state index contributed by atoms with van der Waals surface area (Å²) in [5, 5.41) is 5.53. The van der Waals surface area contributed by atoms with E-state index in [9.17, 15) is 0 Å². The smallest absolute Gasteiger partial charge is 0.0428 e. The van der Waals surface area contributed by atoms with Crippen LogP contribution in [0.2, 0.25) is 6.55 Å². The van der Waals surface area contributed by atoms with Gasteiger partial charge in [-0.1, -0.05) is 79.3 Å². The summed E-state index contributed by atoms with van der Waals surface area (Å²) < 4.78 is 0. The molecule has 4 aromatic carbocycles. The zero-order chi connectivity index (χ0) is 16.1. The van der Waals surface area contributed by atoms with Crippen LogP contribution >= 0.6 is 0 Å². The monoisotopic (exact) mass is 324 g/mol. The molecule has 1 aliphatic rings. The number of benzene rings is 4. The van der Waals surface area contributed by atoms with Gasteiger partial charge in [-0.05, 0) is 55.9 Å². The summed E-state index contributed by atoms with van der Waals surface area (Å²) in [6.45, 7) is 2.52. The van der Waals surface area contributed by atoms with Gasteiger partial charge in [-0.2, -0.15) is 0 Å². The Morgan fingerprint density at radius 1 is 0.583 bits per heavy atom. The Balaban J connectivity index is 2.00. The van der Waals surface area contributed by atoms with E-state index >= 15 is 0 Å². The maximum Gasteiger partial charge on any atom is 0.0428 e. The normalized spacial score (nSPS) is 14.4. The third kappa shape index (κ3) is 2.05. The Kier molecular flexibility index (Phi) is 3.10. The minimum absolute atomic E-state index is 0.774. The van der Waals surface area contributed by atoms with E-state index in [0.29, 0.717) is 0 Å². The number of hydrogen-bond donors (Lipinski definition) is 0. The maximum absolute atomic E-state index is 2.52. The second kappa shape index (κ2) is 5.32. The SMILES string of the molecule is C[SiH]1Cc2ccc3ccccc3c2-c2c(ccc3ccccc23)C1. The first-order chi connectivity index (χ1) is 11.8. The Morgan fingerprint density at radius 3 is 1.54 bits per heavy atom. The van der Waals surface area contributed by atoms with Crippen LogP contribution in [0.25, 0.3) is 32.7 Å². The minimum Gasteiger partial charge on any atom is -0.0715 e. The quantitative estimate of drug-likeness (QED) is 0.364. The van der Waals surface area contributed by atoms with Crippen molar-refractivity contribution in [3.05, 3.63) is 83.9 Å². The average molecular weight is 324 g/mol. The third-order valence-electron chi connectivity index (χ3n) is 5.42. The van der Waals surface area contributed by atoms with Crippen LogP contribution < -0.4 is 0 Å². The van der Waals surface area contributed by atoms with Crippen molar-refractivity contribution in [2.45, 2.75) is 18.6 Å². The lowest BCUT2D eigenvalue weighted by Gasteiger charge is -2.16. The highest BCUT2D eigenvalue weighted by atomic mass is 28.3. The molecule has 1 aliphatic heterocycles. The zero-order valence-corrected chi connectivity index (χ0v) is 15.1. The first-order valence-electron chi connectivity index (χ1n) is 8.83. The molecule has 0 bridgehead atoms. The van der Waals surface area contributed by atoms with Crippen LogP contribution in [0, 0.1) is 0 Å². The Bertz CT molecular complexity index is 991. The molecule has 0 spiro atoms. The van der Waals surface area contributed by atoms with Crippen LogP contribution in [0.15, 0.2) is 72.8 Å². The van der Waals surface area contributed by atoms with E-state index in [-0.39, 0.29) is 0 Å². The van der Waals surface area contributed by atoms with Gasteiger partial charge in [0.1, 0.15) is 0 Å². The molecule has 0 atom stereocenters. The summed E-state index contributed by atoms with van der Waals surface area (Å²) in [5.74, 6) is 0. The fourth-order valence-corrected chi connectivity index (χ4v) is 6.71. The molecule has 0 N–H and O–H groups in total. The summed E-state index contributed by atoms with van der Waals surface area (Å²) >= 11 is 0. The highest BCUT2D eigenvalue weighted by Crippen LogP contribution is 2.41. The van der Waals surface area contributed by atoms with Crippen molar-refractivity contribution in [3.8, 4) is 11.1 Å². The van der Waals surface area contributed by atoms with Gasteiger partial charge in [0.05, 0.1) is 0 Å². The average Bonchev–Trinajstić information content (AvgIpc) is 2.77. The molecule has 0 saturated heterocycles. The fourth-order valence-electron chi connectivity index (χ4n) is 4.39. The van der Waals surface area contributed by atoms with Crippen molar-refractivity contribution in [2.24, 2.45) is 0 Å². The van der Waals surface area contributed by atoms with E-state index in [1.54, 1.807) is 11.1 Å². The molecule has 0 saturated carbocycles. The Hall–Kier alpha value is -2.38. The highest BCUT2D eigenvalue weighted by Gasteiger charge is 2.22. The van der Waals surface area contributed by atoms with Gasteiger partial charge in [-0.25, -0.2) is 0 Å². The van der Waals surface area contributed by atoms with E-state index in [4.69, 9.17) is 0 Å². The second-order valence-corrected chi connectivity index (χ2v) is 10.2. The Morgan fingerprint density at radius 2 is 1.04 bits per heavy atom. The summed E-state index contributed by atoms with van der Waals surface area (Å²) in [7, 11) is -0.774. The van der Waals surface area contributed by atoms with Gasteiger partial charge in [0.25, 0.3) is 0 Å². The van der Waals surface area contributed by atoms with Crippen LogP contribution in [-0.2, 0) is 12.1 Å². The van der Waals surface area contributed by atoms with E-state index in [2.05, 4.69) is 79.3 Å². The van der Waals surface area contributed by atoms with Gasteiger partial charge in [0.15, 0.2) is 0 Å². The van der Waals surface area contributed by atoms with Crippen LogP contribution in [0.4, 0.5) is 0 Å². The molecule has 4 aromatic rings. The summed E-state index contributed by atoms with van der Waals surface area (Å²) in [6, 6.07) is 29.7. The number of hydrogen-bond acceptors (Lipinski definition) is 0. The molecule has 0 radical (unpaired) electrons. The molecule has 1 heterocycles. The topological polar surface area (TPSA) is 0 Å². The highest BCUT2D eigenvalue weighted by molar-refractivity contribution is 6.57. The van der Waals surface area contributed by atoms with E-state index in [1.165, 1.54) is 44.8 Å². The molecule has 0 aliphatic carbocycles. The van der Waals surface area contributed by atoms with E-state index in [1.807, 2.05) is 0 Å². The van der Waals surface area contributed by atoms with E-state index < -0.39 is 8.80 Å². The van der Waals surface area contributed by atoms with Crippen molar-refractivity contribution >= 4 is 30.3 Å².